The first-order valence-corrected chi connectivity index (χ1v) is 8.10. The molecule has 0 bridgehead atoms. The van der Waals surface area contributed by atoms with Crippen molar-refractivity contribution < 1.29 is 0 Å². The highest BCUT2D eigenvalue weighted by Crippen LogP contribution is 2.21. The van der Waals surface area contributed by atoms with Crippen LogP contribution in [0.2, 0.25) is 0 Å². The largest absolute Gasteiger partial charge is 0.159 e. The van der Waals surface area contributed by atoms with Crippen LogP contribution in [-0.2, 0) is 0 Å². The maximum atomic E-state index is 4.64. The van der Waals surface area contributed by atoms with Gasteiger partial charge in [0.25, 0.3) is 0 Å². The SMILES string of the molecule is CC1CCCCC1=NN=C(c1ccccc1)c1ccccc1. The second kappa shape index (κ2) is 7.17. The molecule has 22 heavy (non-hydrogen) atoms. The van der Waals surface area contributed by atoms with Crippen molar-refractivity contribution in [1.82, 2.24) is 0 Å². The van der Waals surface area contributed by atoms with Crippen molar-refractivity contribution in [3.8, 4) is 0 Å². The van der Waals surface area contributed by atoms with Gasteiger partial charge in [0.05, 0.1) is 0 Å². The first-order valence-electron chi connectivity index (χ1n) is 8.10. The zero-order chi connectivity index (χ0) is 15.2. The molecule has 2 aromatic rings. The lowest BCUT2D eigenvalue weighted by atomic mass is 9.89. The number of benzene rings is 2. The highest BCUT2D eigenvalue weighted by Gasteiger charge is 2.16. The van der Waals surface area contributed by atoms with E-state index in [2.05, 4.69) is 41.4 Å². The summed E-state index contributed by atoms with van der Waals surface area (Å²) in [7, 11) is 0. The summed E-state index contributed by atoms with van der Waals surface area (Å²) < 4.78 is 0. The van der Waals surface area contributed by atoms with E-state index in [-0.39, 0.29) is 0 Å². The fourth-order valence-electron chi connectivity index (χ4n) is 2.91. The van der Waals surface area contributed by atoms with Gasteiger partial charge in [-0.3, -0.25) is 0 Å². The van der Waals surface area contributed by atoms with Gasteiger partial charge in [-0.05, 0) is 25.2 Å². The Morgan fingerprint density at radius 3 is 2.00 bits per heavy atom. The van der Waals surface area contributed by atoms with Crippen LogP contribution in [-0.4, -0.2) is 11.4 Å². The Kier molecular flexibility index (Phi) is 4.79. The molecule has 112 valence electrons. The van der Waals surface area contributed by atoms with Crippen LogP contribution < -0.4 is 0 Å². The lowest BCUT2D eigenvalue weighted by Gasteiger charge is -2.19. The topological polar surface area (TPSA) is 24.7 Å². The monoisotopic (exact) mass is 290 g/mol. The minimum atomic E-state index is 0.560. The number of rotatable bonds is 3. The zero-order valence-electron chi connectivity index (χ0n) is 13.1. The van der Waals surface area contributed by atoms with Crippen molar-refractivity contribution in [2.75, 3.05) is 0 Å². The van der Waals surface area contributed by atoms with Crippen molar-refractivity contribution in [3.05, 3.63) is 71.8 Å². The van der Waals surface area contributed by atoms with Gasteiger partial charge in [-0.25, -0.2) is 0 Å². The number of hydrogen-bond acceptors (Lipinski definition) is 2. The quantitative estimate of drug-likeness (QED) is 0.555. The van der Waals surface area contributed by atoms with Crippen LogP contribution in [0.15, 0.2) is 70.9 Å². The highest BCUT2D eigenvalue weighted by molar-refractivity contribution is 6.13. The molecule has 2 heteroatoms. The second-order valence-electron chi connectivity index (χ2n) is 5.92. The Labute approximate surface area is 132 Å². The summed E-state index contributed by atoms with van der Waals surface area (Å²) in [5, 5.41) is 9.26. The molecular weight excluding hydrogens is 268 g/mol. The molecule has 3 rings (SSSR count). The summed E-state index contributed by atoms with van der Waals surface area (Å²) >= 11 is 0. The Hall–Kier alpha value is -2.22. The summed E-state index contributed by atoms with van der Waals surface area (Å²) in [6.45, 7) is 2.26. The molecule has 0 heterocycles. The Morgan fingerprint density at radius 1 is 0.864 bits per heavy atom. The van der Waals surface area contributed by atoms with Crippen LogP contribution in [0, 0.1) is 5.92 Å². The maximum Gasteiger partial charge on any atom is 0.100 e. The fourth-order valence-corrected chi connectivity index (χ4v) is 2.91. The van der Waals surface area contributed by atoms with Gasteiger partial charge in [0.15, 0.2) is 0 Å². The second-order valence-corrected chi connectivity index (χ2v) is 5.92. The molecule has 0 N–H and O–H groups in total. The third kappa shape index (κ3) is 3.51. The molecule has 2 aromatic carbocycles. The number of nitrogens with zero attached hydrogens (tertiary/aromatic N) is 2. The molecule has 1 saturated carbocycles. The first kappa shape index (κ1) is 14.7. The van der Waals surface area contributed by atoms with Crippen molar-refractivity contribution in [3.63, 3.8) is 0 Å². The van der Waals surface area contributed by atoms with Crippen LogP contribution in [0.4, 0.5) is 0 Å². The van der Waals surface area contributed by atoms with E-state index in [4.69, 9.17) is 0 Å². The lowest BCUT2D eigenvalue weighted by molar-refractivity contribution is 0.557. The van der Waals surface area contributed by atoms with E-state index in [0.717, 1.165) is 23.3 Å². The van der Waals surface area contributed by atoms with E-state index in [1.807, 2.05) is 36.4 Å². The third-order valence-electron chi connectivity index (χ3n) is 4.26. The van der Waals surface area contributed by atoms with Gasteiger partial charge in [-0.2, -0.15) is 5.10 Å². The lowest BCUT2D eigenvalue weighted by Crippen LogP contribution is -2.16. The predicted octanol–water partition coefficient (Wildman–Crippen LogP) is 5.09. The smallest absolute Gasteiger partial charge is 0.100 e. The van der Waals surface area contributed by atoms with Gasteiger partial charge in [0.1, 0.15) is 5.71 Å². The van der Waals surface area contributed by atoms with Crippen LogP contribution in [0.5, 0.6) is 0 Å². The summed E-state index contributed by atoms with van der Waals surface area (Å²) in [4.78, 5) is 0. The van der Waals surface area contributed by atoms with E-state index in [0.29, 0.717) is 5.92 Å². The molecule has 1 unspecified atom stereocenters. The fraction of sp³-hybridized carbons (Fsp3) is 0.300. The van der Waals surface area contributed by atoms with Crippen molar-refractivity contribution in [2.45, 2.75) is 32.6 Å². The average Bonchev–Trinajstić information content (AvgIpc) is 2.59. The van der Waals surface area contributed by atoms with Gasteiger partial charge in [-0.1, -0.05) is 74.0 Å². The van der Waals surface area contributed by atoms with E-state index in [1.165, 1.54) is 25.0 Å². The Bertz CT molecular complexity index is 615. The van der Waals surface area contributed by atoms with Gasteiger partial charge in [-0.15, -0.1) is 5.10 Å². The molecule has 1 aliphatic rings. The minimum absolute atomic E-state index is 0.560. The molecule has 0 spiro atoms. The zero-order valence-corrected chi connectivity index (χ0v) is 13.1. The average molecular weight is 290 g/mol. The molecule has 0 aromatic heterocycles. The molecule has 0 radical (unpaired) electrons. The normalized spacial score (nSPS) is 19.9. The van der Waals surface area contributed by atoms with Gasteiger partial charge >= 0.3 is 0 Å². The molecule has 0 amide bonds. The van der Waals surface area contributed by atoms with Crippen LogP contribution in [0.1, 0.15) is 43.7 Å². The third-order valence-corrected chi connectivity index (χ3v) is 4.26. The van der Waals surface area contributed by atoms with Crippen LogP contribution in [0.25, 0.3) is 0 Å². The van der Waals surface area contributed by atoms with Gasteiger partial charge < -0.3 is 0 Å². The van der Waals surface area contributed by atoms with Crippen molar-refractivity contribution in [1.29, 1.82) is 0 Å². The number of hydrogen-bond donors (Lipinski definition) is 0. The van der Waals surface area contributed by atoms with E-state index >= 15 is 0 Å². The maximum absolute atomic E-state index is 4.64. The molecule has 0 aliphatic heterocycles. The molecule has 2 nitrogen and oxygen atoms in total. The summed E-state index contributed by atoms with van der Waals surface area (Å²) in [5.74, 6) is 0.560. The van der Waals surface area contributed by atoms with Crippen molar-refractivity contribution >= 4 is 11.4 Å². The van der Waals surface area contributed by atoms with E-state index < -0.39 is 0 Å². The van der Waals surface area contributed by atoms with Crippen molar-refractivity contribution in [2.24, 2.45) is 16.1 Å². The predicted molar refractivity (Wildman–Crippen MR) is 93.6 cm³/mol. The van der Waals surface area contributed by atoms with Gasteiger partial charge in [0, 0.05) is 16.8 Å². The van der Waals surface area contributed by atoms with E-state index in [1.54, 1.807) is 0 Å². The summed E-state index contributed by atoms with van der Waals surface area (Å²) in [6.07, 6.45) is 4.88. The van der Waals surface area contributed by atoms with Gasteiger partial charge in [0.2, 0.25) is 0 Å². The Balaban J connectivity index is 1.99. The standard InChI is InChI=1S/C20H22N2/c1-16-10-8-9-15-19(16)21-22-20(17-11-4-2-5-12-17)18-13-6-3-7-14-18/h2-7,11-14,16H,8-10,15H2,1H3. The van der Waals surface area contributed by atoms with E-state index in [9.17, 15) is 0 Å². The summed E-state index contributed by atoms with van der Waals surface area (Å²) in [5.41, 5.74) is 4.42. The molecule has 1 aliphatic carbocycles. The minimum Gasteiger partial charge on any atom is -0.159 e. The highest BCUT2D eigenvalue weighted by atomic mass is 15.2. The first-order chi connectivity index (χ1) is 10.8. The molecule has 1 atom stereocenters. The molecular formula is C20H22N2. The van der Waals surface area contributed by atoms with Crippen LogP contribution in [0.3, 0.4) is 0 Å². The molecule has 0 saturated heterocycles. The van der Waals surface area contributed by atoms with Crippen LogP contribution >= 0.6 is 0 Å². The molecule has 1 fully saturated rings. The summed E-state index contributed by atoms with van der Waals surface area (Å²) in [6, 6.07) is 20.6. The Morgan fingerprint density at radius 2 is 1.45 bits per heavy atom.